The fourth-order valence-electron chi connectivity index (χ4n) is 3.45. The highest BCUT2D eigenvalue weighted by Crippen LogP contribution is 2.23. The van der Waals surface area contributed by atoms with E-state index in [0.717, 1.165) is 11.6 Å². The molecule has 1 heterocycles. The van der Waals surface area contributed by atoms with Crippen LogP contribution in [0.5, 0.6) is 0 Å². The van der Waals surface area contributed by atoms with Gasteiger partial charge in [-0.3, -0.25) is 9.69 Å². The van der Waals surface area contributed by atoms with Crippen LogP contribution in [-0.2, 0) is 14.8 Å². The highest BCUT2D eigenvalue weighted by Gasteiger charge is 2.33. The number of hydrogen-bond acceptors (Lipinski definition) is 6. The van der Waals surface area contributed by atoms with E-state index in [2.05, 4.69) is 10.2 Å². The third-order valence-corrected chi connectivity index (χ3v) is 7.80. The first-order chi connectivity index (χ1) is 14.4. The van der Waals surface area contributed by atoms with E-state index in [-0.39, 0.29) is 34.8 Å². The summed E-state index contributed by atoms with van der Waals surface area (Å²) >= 11 is 1.70. The van der Waals surface area contributed by atoms with E-state index < -0.39 is 16.1 Å². The minimum absolute atomic E-state index is 0.0000736. The van der Waals surface area contributed by atoms with Crippen LogP contribution in [0, 0.1) is 5.92 Å². The van der Waals surface area contributed by atoms with E-state index in [4.69, 9.17) is 0 Å². The molecular weight excluding hydrogens is 434 g/mol. The summed E-state index contributed by atoms with van der Waals surface area (Å²) < 4.78 is 27.5. The van der Waals surface area contributed by atoms with Crippen molar-refractivity contribution in [1.82, 2.24) is 14.5 Å². The lowest BCUT2D eigenvalue weighted by atomic mass is 10.1. The number of nitrogens with one attached hydrogen (secondary N) is 1. The van der Waals surface area contributed by atoms with Crippen LogP contribution in [0.1, 0.15) is 41.0 Å². The zero-order valence-electron chi connectivity index (χ0n) is 19.2. The van der Waals surface area contributed by atoms with E-state index in [1.54, 1.807) is 42.1 Å². The topological polar surface area (TPSA) is 89.9 Å². The van der Waals surface area contributed by atoms with Crippen molar-refractivity contribution in [2.24, 2.45) is 5.92 Å². The SMILES string of the molecule is CC(C)CN(CC(O)CCN1CSC[C@@H]1C(=O)NC(C)(C)C)S(=O)(=O)c1ccccc1. The van der Waals surface area contributed by atoms with Crippen molar-refractivity contribution < 1.29 is 18.3 Å². The number of benzene rings is 1. The van der Waals surface area contributed by atoms with Gasteiger partial charge >= 0.3 is 0 Å². The van der Waals surface area contributed by atoms with Crippen LogP contribution >= 0.6 is 11.8 Å². The van der Waals surface area contributed by atoms with Crippen LogP contribution in [0.2, 0.25) is 0 Å². The predicted molar refractivity (Wildman–Crippen MR) is 126 cm³/mol. The van der Waals surface area contributed by atoms with E-state index in [0.29, 0.717) is 19.5 Å². The minimum Gasteiger partial charge on any atom is -0.392 e. The molecule has 1 aliphatic heterocycles. The van der Waals surface area contributed by atoms with E-state index in [9.17, 15) is 18.3 Å². The average molecular weight is 472 g/mol. The Morgan fingerprint density at radius 3 is 2.48 bits per heavy atom. The van der Waals surface area contributed by atoms with Crippen LogP contribution in [0.25, 0.3) is 0 Å². The molecule has 0 spiro atoms. The number of thioether (sulfide) groups is 1. The fourth-order valence-corrected chi connectivity index (χ4v) is 6.35. The minimum atomic E-state index is -3.68. The van der Waals surface area contributed by atoms with Crippen molar-refractivity contribution in [2.75, 3.05) is 31.3 Å². The molecule has 1 aliphatic rings. The van der Waals surface area contributed by atoms with Crippen LogP contribution in [0.3, 0.4) is 0 Å². The number of aliphatic hydroxyl groups is 1. The lowest BCUT2D eigenvalue weighted by molar-refractivity contribution is -0.126. The van der Waals surface area contributed by atoms with Crippen molar-refractivity contribution >= 4 is 27.7 Å². The maximum atomic E-state index is 13.1. The van der Waals surface area contributed by atoms with Crippen molar-refractivity contribution in [3.8, 4) is 0 Å². The zero-order chi connectivity index (χ0) is 23.2. The number of aliphatic hydroxyl groups excluding tert-OH is 1. The molecule has 2 N–H and O–H groups in total. The number of rotatable bonds is 10. The van der Waals surface area contributed by atoms with Crippen LogP contribution in [0.15, 0.2) is 35.2 Å². The summed E-state index contributed by atoms with van der Waals surface area (Å²) in [6.45, 7) is 10.7. The number of nitrogens with zero attached hydrogens (tertiary/aromatic N) is 2. The molecule has 9 heteroatoms. The molecule has 1 saturated heterocycles. The Labute approximate surface area is 191 Å². The summed E-state index contributed by atoms with van der Waals surface area (Å²) in [4.78, 5) is 14.9. The Bertz CT molecular complexity index is 810. The van der Waals surface area contributed by atoms with Crippen LogP contribution in [-0.4, -0.2) is 77.6 Å². The van der Waals surface area contributed by atoms with Gasteiger partial charge in [-0.05, 0) is 45.2 Å². The molecule has 0 bridgehead atoms. The monoisotopic (exact) mass is 471 g/mol. The summed E-state index contributed by atoms with van der Waals surface area (Å²) in [5.41, 5.74) is -0.293. The molecule has 0 aromatic heterocycles. The Hall–Kier alpha value is -1.13. The lowest BCUT2D eigenvalue weighted by Gasteiger charge is -2.29. The number of hydrogen-bond donors (Lipinski definition) is 2. The molecule has 2 rings (SSSR count). The van der Waals surface area contributed by atoms with Gasteiger partial charge in [0.15, 0.2) is 0 Å². The molecule has 7 nitrogen and oxygen atoms in total. The molecule has 0 saturated carbocycles. The summed E-state index contributed by atoms with van der Waals surface area (Å²) in [7, 11) is -3.68. The fraction of sp³-hybridized carbons (Fsp3) is 0.682. The van der Waals surface area contributed by atoms with Crippen molar-refractivity contribution in [2.45, 2.75) is 63.6 Å². The standard InChI is InChI=1S/C22H37N3O4S2/c1-17(2)13-25(31(28,29)19-9-7-6-8-10-19)14-18(26)11-12-24-16-30-15-20(24)21(27)23-22(3,4)5/h6-10,17-18,20,26H,11-16H2,1-5H3,(H,23,27)/t18?,20-/m1/s1. The van der Waals surface area contributed by atoms with Gasteiger partial charge in [0.1, 0.15) is 0 Å². The smallest absolute Gasteiger partial charge is 0.243 e. The molecule has 0 aliphatic carbocycles. The largest absolute Gasteiger partial charge is 0.392 e. The van der Waals surface area contributed by atoms with Crippen molar-refractivity contribution in [1.29, 1.82) is 0 Å². The Morgan fingerprint density at radius 2 is 1.90 bits per heavy atom. The van der Waals surface area contributed by atoms with Gasteiger partial charge in [-0.2, -0.15) is 4.31 Å². The normalized spacial score (nSPS) is 19.2. The molecule has 1 aromatic carbocycles. The quantitative estimate of drug-likeness (QED) is 0.545. The lowest BCUT2D eigenvalue weighted by Crippen LogP contribution is -2.51. The number of sulfonamides is 1. The van der Waals surface area contributed by atoms with Gasteiger partial charge in [0.25, 0.3) is 0 Å². The molecule has 176 valence electrons. The van der Waals surface area contributed by atoms with E-state index in [1.807, 2.05) is 34.6 Å². The summed E-state index contributed by atoms with van der Waals surface area (Å²) in [5, 5.41) is 13.7. The van der Waals surface area contributed by atoms with Gasteiger partial charge in [-0.25, -0.2) is 8.42 Å². The van der Waals surface area contributed by atoms with E-state index in [1.165, 1.54) is 4.31 Å². The first-order valence-electron chi connectivity index (χ1n) is 10.8. The van der Waals surface area contributed by atoms with Gasteiger partial charge in [-0.15, -0.1) is 11.8 Å². The van der Waals surface area contributed by atoms with Crippen LogP contribution < -0.4 is 5.32 Å². The molecular formula is C22H37N3O4S2. The maximum Gasteiger partial charge on any atom is 0.243 e. The summed E-state index contributed by atoms with van der Waals surface area (Å²) in [5.74, 6) is 1.58. The number of carbonyl (C=O) groups excluding carboxylic acids is 1. The molecule has 1 unspecified atom stereocenters. The van der Waals surface area contributed by atoms with Gasteiger partial charge in [0.2, 0.25) is 15.9 Å². The third kappa shape index (κ3) is 8.05. The number of carbonyl (C=O) groups is 1. The second kappa shape index (κ2) is 11.1. The Kier molecular flexibility index (Phi) is 9.39. The van der Waals surface area contributed by atoms with E-state index >= 15 is 0 Å². The van der Waals surface area contributed by atoms with Gasteiger partial charge in [0, 0.05) is 36.8 Å². The van der Waals surface area contributed by atoms with Gasteiger partial charge in [-0.1, -0.05) is 32.0 Å². The first-order valence-corrected chi connectivity index (χ1v) is 13.4. The van der Waals surface area contributed by atoms with Gasteiger partial charge in [0.05, 0.1) is 17.0 Å². The van der Waals surface area contributed by atoms with Gasteiger partial charge < -0.3 is 10.4 Å². The Morgan fingerprint density at radius 1 is 1.26 bits per heavy atom. The summed E-state index contributed by atoms with van der Waals surface area (Å²) in [6.07, 6.45) is -0.409. The average Bonchev–Trinajstić information content (AvgIpc) is 3.14. The highest BCUT2D eigenvalue weighted by atomic mass is 32.2. The predicted octanol–water partition coefficient (Wildman–Crippen LogP) is 2.37. The molecule has 31 heavy (non-hydrogen) atoms. The second-order valence-corrected chi connectivity index (χ2v) is 12.5. The third-order valence-electron chi connectivity index (χ3n) is 4.89. The zero-order valence-corrected chi connectivity index (χ0v) is 20.9. The molecule has 1 fully saturated rings. The molecule has 2 atom stereocenters. The first kappa shape index (κ1) is 26.1. The van der Waals surface area contributed by atoms with Crippen molar-refractivity contribution in [3.05, 3.63) is 30.3 Å². The number of amides is 1. The molecule has 0 radical (unpaired) electrons. The Balaban J connectivity index is 2.00. The maximum absolute atomic E-state index is 13.1. The highest BCUT2D eigenvalue weighted by molar-refractivity contribution is 7.99. The second-order valence-electron chi connectivity index (χ2n) is 9.54. The summed E-state index contributed by atoms with van der Waals surface area (Å²) in [6, 6.07) is 8.11. The molecule has 1 amide bonds. The molecule has 1 aromatic rings. The van der Waals surface area contributed by atoms with Crippen LogP contribution in [0.4, 0.5) is 0 Å². The van der Waals surface area contributed by atoms with Crippen molar-refractivity contribution in [3.63, 3.8) is 0 Å².